The van der Waals surface area contributed by atoms with Gasteiger partial charge >= 0.3 is 0 Å². The third-order valence-corrected chi connectivity index (χ3v) is 5.05. The zero-order chi connectivity index (χ0) is 14.3. The van der Waals surface area contributed by atoms with Crippen LogP contribution in [0.5, 0.6) is 0 Å². The standard InChI is InChI=1S/C14H18N2O3S/c1-20(17,18)9-6-7-13-12(8-9)16-14(19-13)10-4-2-3-5-11(10)15/h6-8,10-11H,2-5,15H2,1H3. The molecular formula is C14H18N2O3S. The molecule has 3 rings (SSSR count). The molecule has 20 heavy (non-hydrogen) atoms. The van der Waals surface area contributed by atoms with E-state index in [1.165, 1.54) is 6.26 Å². The minimum atomic E-state index is -3.23. The summed E-state index contributed by atoms with van der Waals surface area (Å²) in [5, 5.41) is 0. The molecule has 2 unspecified atom stereocenters. The van der Waals surface area contributed by atoms with E-state index in [2.05, 4.69) is 4.98 Å². The molecule has 1 fully saturated rings. The van der Waals surface area contributed by atoms with Gasteiger partial charge in [0.1, 0.15) is 5.52 Å². The van der Waals surface area contributed by atoms with Gasteiger partial charge in [0, 0.05) is 12.3 Å². The molecule has 2 aromatic rings. The quantitative estimate of drug-likeness (QED) is 0.917. The molecule has 0 amide bonds. The molecule has 2 N–H and O–H groups in total. The van der Waals surface area contributed by atoms with Gasteiger partial charge in [0.2, 0.25) is 0 Å². The number of hydrogen-bond donors (Lipinski definition) is 1. The highest BCUT2D eigenvalue weighted by Crippen LogP contribution is 2.33. The molecule has 1 aliphatic carbocycles. The van der Waals surface area contributed by atoms with Gasteiger partial charge in [0.25, 0.3) is 0 Å². The average Bonchev–Trinajstić information content (AvgIpc) is 2.80. The summed E-state index contributed by atoms with van der Waals surface area (Å²) in [5.41, 5.74) is 7.34. The summed E-state index contributed by atoms with van der Waals surface area (Å²) in [4.78, 5) is 4.71. The Kier molecular flexibility index (Phi) is 3.30. The Morgan fingerprint density at radius 3 is 2.75 bits per heavy atom. The summed E-state index contributed by atoms with van der Waals surface area (Å²) < 4.78 is 28.9. The zero-order valence-electron chi connectivity index (χ0n) is 11.4. The number of benzene rings is 1. The minimum absolute atomic E-state index is 0.0752. The van der Waals surface area contributed by atoms with E-state index in [0.29, 0.717) is 17.0 Å². The molecule has 108 valence electrons. The Morgan fingerprint density at radius 1 is 1.30 bits per heavy atom. The third kappa shape index (κ3) is 2.45. The van der Waals surface area contributed by atoms with Crippen molar-refractivity contribution in [2.45, 2.75) is 42.5 Å². The molecule has 0 spiro atoms. The van der Waals surface area contributed by atoms with E-state index < -0.39 is 9.84 Å². The van der Waals surface area contributed by atoms with Crippen molar-refractivity contribution in [2.75, 3.05) is 6.26 Å². The van der Waals surface area contributed by atoms with Crippen molar-refractivity contribution in [1.29, 1.82) is 0 Å². The molecule has 6 heteroatoms. The number of hydrogen-bond acceptors (Lipinski definition) is 5. The Labute approximate surface area is 118 Å². The van der Waals surface area contributed by atoms with Gasteiger partial charge in [-0.2, -0.15) is 0 Å². The van der Waals surface area contributed by atoms with E-state index in [-0.39, 0.29) is 16.9 Å². The number of fused-ring (bicyclic) bond motifs is 1. The maximum absolute atomic E-state index is 11.6. The second-order valence-electron chi connectivity index (χ2n) is 5.51. The van der Waals surface area contributed by atoms with Crippen LogP contribution in [0.1, 0.15) is 37.5 Å². The van der Waals surface area contributed by atoms with Crippen LogP contribution in [0.25, 0.3) is 11.1 Å². The highest BCUT2D eigenvalue weighted by atomic mass is 32.2. The van der Waals surface area contributed by atoms with Crippen molar-refractivity contribution in [3.63, 3.8) is 0 Å². The predicted octanol–water partition coefficient (Wildman–Crippen LogP) is 2.22. The first kappa shape index (κ1) is 13.6. The molecule has 1 heterocycles. The number of sulfone groups is 1. The summed E-state index contributed by atoms with van der Waals surface area (Å²) in [6, 6.07) is 4.85. The lowest BCUT2D eigenvalue weighted by molar-refractivity contribution is 0.332. The third-order valence-electron chi connectivity index (χ3n) is 3.94. The van der Waals surface area contributed by atoms with Crippen molar-refractivity contribution in [3.8, 4) is 0 Å². The van der Waals surface area contributed by atoms with Gasteiger partial charge in [0.15, 0.2) is 21.3 Å². The SMILES string of the molecule is CS(=O)(=O)c1ccc2oc(C3CCCCC3N)nc2c1. The fourth-order valence-electron chi connectivity index (χ4n) is 2.78. The fraction of sp³-hybridized carbons (Fsp3) is 0.500. The molecule has 0 radical (unpaired) electrons. The van der Waals surface area contributed by atoms with Crippen LogP contribution >= 0.6 is 0 Å². The summed E-state index contributed by atoms with van der Waals surface area (Å²) in [6.07, 6.45) is 5.43. The highest BCUT2D eigenvalue weighted by Gasteiger charge is 2.27. The van der Waals surface area contributed by atoms with Gasteiger partial charge in [-0.25, -0.2) is 13.4 Å². The molecule has 1 aliphatic rings. The van der Waals surface area contributed by atoms with Crippen LogP contribution in [0.15, 0.2) is 27.5 Å². The van der Waals surface area contributed by atoms with Gasteiger partial charge in [0.05, 0.1) is 10.8 Å². The van der Waals surface area contributed by atoms with E-state index >= 15 is 0 Å². The molecule has 2 atom stereocenters. The van der Waals surface area contributed by atoms with Crippen LogP contribution in [0.2, 0.25) is 0 Å². The number of nitrogens with zero attached hydrogens (tertiary/aromatic N) is 1. The van der Waals surface area contributed by atoms with Gasteiger partial charge < -0.3 is 10.2 Å². The van der Waals surface area contributed by atoms with Crippen LogP contribution < -0.4 is 5.73 Å². The van der Waals surface area contributed by atoms with E-state index in [9.17, 15) is 8.42 Å². The number of oxazole rings is 1. The molecule has 0 bridgehead atoms. The lowest BCUT2D eigenvalue weighted by atomic mass is 9.85. The van der Waals surface area contributed by atoms with Gasteiger partial charge in [-0.1, -0.05) is 12.8 Å². The van der Waals surface area contributed by atoms with E-state index in [4.69, 9.17) is 10.2 Å². The maximum Gasteiger partial charge on any atom is 0.200 e. The first-order valence-electron chi connectivity index (χ1n) is 6.81. The van der Waals surface area contributed by atoms with Crippen molar-refractivity contribution in [1.82, 2.24) is 4.98 Å². The zero-order valence-corrected chi connectivity index (χ0v) is 12.2. The first-order chi connectivity index (χ1) is 9.45. The predicted molar refractivity (Wildman–Crippen MR) is 76.3 cm³/mol. The minimum Gasteiger partial charge on any atom is -0.440 e. The lowest BCUT2D eigenvalue weighted by Gasteiger charge is -2.25. The van der Waals surface area contributed by atoms with Crippen molar-refractivity contribution in [2.24, 2.45) is 5.73 Å². The smallest absolute Gasteiger partial charge is 0.200 e. The maximum atomic E-state index is 11.6. The van der Waals surface area contributed by atoms with Gasteiger partial charge in [-0.3, -0.25) is 0 Å². The molecule has 0 aliphatic heterocycles. The van der Waals surface area contributed by atoms with Crippen molar-refractivity contribution >= 4 is 20.9 Å². The molecule has 1 aromatic carbocycles. The normalized spacial score (nSPS) is 24.1. The second kappa shape index (κ2) is 4.86. The molecule has 0 saturated heterocycles. The number of aromatic nitrogens is 1. The van der Waals surface area contributed by atoms with E-state index in [0.717, 1.165) is 25.7 Å². The summed E-state index contributed by atoms with van der Waals surface area (Å²) in [6.45, 7) is 0. The van der Waals surface area contributed by atoms with E-state index in [1.807, 2.05) is 0 Å². The second-order valence-corrected chi connectivity index (χ2v) is 7.52. The molecular weight excluding hydrogens is 276 g/mol. The first-order valence-corrected chi connectivity index (χ1v) is 8.70. The highest BCUT2D eigenvalue weighted by molar-refractivity contribution is 7.90. The van der Waals surface area contributed by atoms with Crippen LogP contribution in [0, 0.1) is 0 Å². The van der Waals surface area contributed by atoms with Crippen LogP contribution in [0.3, 0.4) is 0 Å². The van der Waals surface area contributed by atoms with Crippen LogP contribution in [0.4, 0.5) is 0 Å². The number of rotatable bonds is 2. The molecule has 1 aromatic heterocycles. The topological polar surface area (TPSA) is 86.2 Å². The Balaban J connectivity index is 2.02. The van der Waals surface area contributed by atoms with Gasteiger partial charge in [-0.05, 0) is 31.0 Å². The van der Waals surface area contributed by atoms with E-state index in [1.54, 1.807) is 18.2 Å². The largest absolute Gasteiger partial charge is 0.440 e. The van der Waals surface area contributed by atoms with Crippen LogP contribution in [-0.4, -0.2) is 25.7 Å². The monoisotopic (exact) mass is 294 g/mol. The Hall–Kier alpha value is -1.40. The Bertz CT molecular complexity index is 736. The summed E-state index contributed by atoms with van der Waals surface area (Å²) >= 11 is 0. The average molecular weight is 294 g/mol. The van der Waals surface area contributed by atoms with Gasteiger partial charge in [-0.15, -0.1) is 0 Å². The molecule has 1 saturated carbocycles. The van der Waals surface area contributed by atoms with Crippen molar-refractivity contribution in [3.05, 3.63) is 24.1 Å². The van der Waals surface area contributed by atoms with Crippen LogP contribution in [-0.2, 0) is 9.84 Å². The Morgan fingerprint density at radius 2 is 2.05 bits per heavy atom. The summed E-state index contributed by atoms with van der Waals surface area (Å²) in [7, 11) is -3.23. The van der Waals surface area contributed by atoms with Crippen molar-refractivity contribution < 1.29 is 12.8 Å². The lowest BCUT2D eigenvalue weighted by Crippen LogP contribution is -2.31. The molecule has 5 nitrogen and oxygen atoms in total. The fourth-order valence-corrected chi connectivity index (χ4v) is 3.42. The number of nitrogens with two attached hydrogens (primary N) is 1. The summed E-state index contributed by atoms with van der Waals surface area (Å²) in [5.74, 6) is 0.774.